The quantitative estimate of drug-likeness (QED) is 0.262. The maximum Gasteiger partial charge on any atom is 0.295 e. The van der Waals surface area contributed by atoms with E-state index in [0.717, 1.165) is 10.4 Å². The lowest BCUT2D eigenvalue weighted by Crippen LogP contribution is -2.29. The Morgan fingerprint density at radius 1 is 1.09 bits per heavy atom. The fourth-order valence-electron chi connectivity index (χ4n) is 3.89. The second-order valence-electron chi connectivity index (χ2n) is 8.75. The minimum Gasteiger partial charge on any atom is -0.507 e. The normalized spacial score (nSPS) is 17.6. The first-order valence-electron chi connectivity index (χ1n) is 11.1. The van der Waals surface area contributed by atoms with Crippen LogP contribution in [-0.4, -0.2) is 28.3 Å². The molecule has 0 aliphatic carbocycles. The smallest absolute Gasteiger partial charge is 0.295 e. The van der Waals surface area contributed by atoms with Gasteiger partial charge in [0.1, 0.15) is 23.4 Å². The van der Waals surface area contributed by atoms with Crippen molar-refractivity contribution in [2.75, 3.05) is 6.61 Å². The van der Waals surface area contributed by atoms with Gasteiger partial charge in [-0.2, -0.15) is 0 Å². The molecule has 1 atom stereocenters. The van der Waals surface area contributed by atoms with Crippen molar-refractivity contribution in [2.45, 2.75) is 33.4 Å². The van der Waals surface area contributed by atoms with E-state index in [1.165, 1.54) is 28.4 Å². The van der Waals surface area contributed by atoms with Gasteiger partial charge in [0.05, 0.1) is 12.2 Å². The van der Waals surface area contributed by atoms with Gasteiger partial charge in [-0.1, -0.05) is 26.0 Å². The van der Waals surface area contributed by atoms with E-state index in [-0.39, 0.29) is 23.7 Å². The van der Waals surface area contributed by atoms with Crippen LogP contribution < -0.4 is 4.74 Å². The zero-order valence-corrected chi connectivity index (χ0v) is 20.1. The molecule has 5 nitrogen and oxygen atoms in total. The molecule has 0 spiro atoms. The Morgan fingerprint density at radius 3 is 2.35 bits per heavy atom. The molecule has 34 heavy (non-hydrogen) atoms. The average Bonchev–Trinajstić information content (AvgIpc) is 3.34. The number of rotatable bonds is 7. The standard InChI is InChI=1S/C27H26FNO4S/c1-16(2)15-33-21-10-6-19(7-11-21)24(30)22-23(26-17(3)12-13-34-26)29(27(32)25(22)31)14-18-4-8-20(28)9-5-18/h4-13,16,23,30H,14-15H2,1-3H3/b24-22-. The van der Waals surface area contributed by atoms with Crippen molar-refractivity contribution in [1.29, 1.82) is 0 Å². The van der Waals surface area contributed by atoms with Gasteiger partial charge >= 0.3 is 0 Å². The van der Waals surface area contributed by atoms with E-state index in [1.54, 1.807) is 36.4 Å². The Bertz CT molecular complexity index is 1230. The summed E-state index contributed by atoms with van der Waals surface area (Å²) < 4.78 is 19.1. The molecule has 0 bridgehead atoms. The van der Waals surface area contributed by atoms with Gasteiger partial charge in [0.25, 0.3) is 11.7 Å². The molecule has 1 aromatic heterocycles. The lowest BCUT2D eigenvalue weighted by molar-refractivity contribution is -0.140. The highest BCUT2D eigenvalue weighted by molar-refractivity contribution is 7.10. The zero-order chi connectivity index (χ0) is 24.4. The second kappa shape index (κ2) is 9.81. The number of ether oxygens (including phenoxy) is 1. The van der Waals surface area contributed by atoms with Gasteiger partial charge in [-0.3, -0.25) is 9.59 Å². The van der Waals surface area contributed by atoms with Crippen LogP contribution in [0.25, 0.3) is 5.76 Å². The third-order valence-electron chi connectivity index (χ3n) is 5.67. The van der Waals surface area contributed by atoms with Gasteiger partial charge in [0, 0.05) is 17.0 Å². The molecule has 0 saturated carbocycles. The molecular weight excluding hydrogens is 453 g/mol. The summed E-state index contributed by atoms with van der Waals surface area (Å²) in [5.41, 5.74) is 2.09. The first kappa shape index (κ1) is 23.7. The maximum atomic E-state index is 13.4. The number of Topliss-reactive ketones (excluding diaryl/α,β-unsaturated/α-hetero) is 1. The Morgan fingerprint density at radius 2 is 1.76 bits per heavy atom. The number of ketones is 1. The molecule has 1 unspecified atom stereocenters. The van der Waals surface area contributed by atoms with Crippen molar-refractivity contribution >= 4 is 28.8 Å². The highest BCUT2D eigenvalue weighted by Crippen LogP contribution is 2.43. The van der Waals surface area contributed by atoms with E-state index in [1.807, 2.05) is 18.4 Å². The zero-order valence-electron chi connectivity index (χ0n) is 19.2. The number of benzene rings is 2. The number of hydrogen-bond donors (Lipinski definition) is 1. The number of likely N-dealkylation sites (tertiary alicyclic amines) is 1. The van der Waals surface area contributed by atoms with E-state index in [4.69, 9.17) is 4.74 Å². The van der Waals surface area contributed by atoms with Crippen LogP contribution in [0.15, 0.2) is 65.6 Å². The number of carbonyl (C=O) groups excluding carboxylic acids is 2. The fraction of sp³-hybridized carbons (Fsp3) is 0.259. The predicted molar refractivity (Wildman–Crippen MR) is 130 cm³/mol. The van der Waals surface area contributed by atoms with E-state index < -0.39 is 17.7 Å². The highest BCUT2D eigenvalue weighted by Gasteiger charge is 2.47. The minimum absolute atomic E-state index is 0.0495. The summed E-state index contributed by atoms with van der Waals surface area (Å²) in [4.78, 5) is 28.5. The Kier molecular flexibility index (Phi) is 6.84. The molecule has 1 fully saturated rings. The van der Waals surface area contributed by atoms with E-state index in [9.17, 15) is 19.1 Å². The predicted octanol–water partition coefficient (Wildman–Crippen LogP) is 5.85. The largest absolute Gasteiger partial charge is 0.507 e. The number of carbonyl (C=O) groups is 2. The molecule has 1 aliphatic rings. The number of amides is 1. The molecule has 1 saturated heterocycles. The molecule has 1 N–H and O–H groups in total. The molecule has 2 aromatic carbocycles. The lowest BCUT2D eigenvalue weighted by atomic mass is 9.98. The van der Waals surface area contributed by atoms with Crippen molar-refractivity contribution in [3.05, 3.63) is 92.9 Å². The fourth-order valence-corrected chi connectivity index (χ4v) is 4.94. The van der Waals surface area contributed by atoms with Gasteiger partial charge < -0.3 is 14.7 Å². The molecule has 4 rings (SSSR count). The van der Waals surface area contributed by atoms with Crippen LogP contribution in [0.3, 0.4) is 0 Å². The molecule has 0 radical (unpaired) electrons. The van der Waals surface area contributed by atoms with Crippen LogP contribution in [0.4, 0.5) is 4.39 Å². The van der Waals surface area contributed by atoms with E-state index in [0.29, 0.717) is 29.4 Å². The summed E-state index contributed by atoms with van der Waals surface area (Å²) in [7, 11) is 0. The van der Waals surface area contributed by atoms with Crippen molar-refractivity contribution in [3.8, 4) is 5.75 Å². The van der Waals surface area contributed by atoms with Crippen LogP contribution in [0.2, 0.25) is 0 Å². The number of halogens is 1. The maximum absolute atomic E-state index is 13.4. The summed E-state index contributed by atoms with van der Waals surface area (Å²) in [6.07, 6.45) is 0. The summed E-state index contributed by atoms with van der Waals surface area (Å²) >= 11 is 1.42. The summed E-state index contributed by atoms with van der Waals surface area (Å²) in [6.45, 7) is 6.70. The van der Waals surface area contributed by atoms with Crippen LogP contribution >= 0.6 is 11.3 Å². The van der Waals surface area contributed by atoms with Crippen molar-refractivity contribution in [2.24, 2.45) is 5.92 Å². The minimum atomic E-state index is -0.738. The SMILES string of the molecule is Cc1ccsc1C1/C(=C(/O)c2ccc(OCC(C)C)cc2)C(=O)C(=O)N1Cc1ccc(F)cc1. The second-order valence-corrected chi connectivity index (χ2v) is 9.70. The van der Waals surface area contributed by atoms with Crippen molar-refractivity contribution in [3.63, 3.8) is 0 Å². The first-order valence-corrected chi connectivity index (χ1v) is 11.9. The Labute approximate surface area is 202 Å². The van der Waals surface area contributed by atoms with Crippen LogP contribution in [0.1, 0.15) is 41.5 Å². The van der Waals surface area contributed by atoms with Gasteiger partial charge in [0.15, 0.2) is 0 Å². The number of hydrogen-bond acceptors (Lipinski definition) is 5. The first-order chi connectivity index (χ1) is 16.3. The van der Waals surface area contributed by atoms with E-state index in [2.05, 4.69) is 13.8 Å². The molecule has 1 amide bonds. The third-order valence-corrected chi connectivity index (χ3v) is 6.74. The summed E-state index contributed by atoms with van der Waals surface area (Å²) in [6, 6.07) is 13.8. The molecular formula is C27H26FNO4S. The third kappa shape index (κ3) is 4.75. The Hall–Kier alpha value is -3.45. The average molecular weight is 480 g/mol. The Balaban J connectivity index is 1.74. The van der Waals surface area contributed by atoms with Gasteiger partial charge in [-0.15, -0.1) is 11.3 Å². The highest BCUT2D eigenvalue weighted by atomic mass is 32.1. The lowest BCUT2D eigenvalue weighted by Gasteiger charge is -2.25. The molecule has 3 aromatic rings. The van der Waals surface area contributed by atoms with Gasteiger partial charge in [-0.05, 0) is 71.8 Å². The topological polar surface area (TPSA) is 66.8 Å². The molecule has 1 aliphatic heterocycles. The van der Waals surface area contributed by atoms with Gasteiger partial charge in [-0.25, -0.2) is 4.39 Å². The number of aliphatic hydroxyl groups is 1. The summed E-state index contributed by atoms with van der Waals surface area (Å²) in [5, 5.41) is 13.1. The van der Waals surface area contributed by atoms with E-state index >= 15 is 0 Å². The van der Waals surface area contributed by atoms with Crippen LogP contribution in [0.5, 0.6) is 5.75 Å². The number of thiophene rings is 1. The molecule has 176 valence electrons. The number of aliphatic hydroxyl groups excluding tert-OH is 1. The van der Waals surface area contributed by atoms with Crippen molar-refractivity contribution in [1.82, 2.24) is 4.90 Å². The number of aryl methyl sites for hydroxylation is 1. The van der Waals surface area contributed by atoms with Crippen LogP contribution in [0, 0.1) is 18.7 Å². The monoisotopic (exact) mass is 479 g/mol. The molecule has 7 heteroatoms. The summed E-state index contributed by atoms with van der Waals surface area (Å²) in [5.74, 6) is -1.00. The van der Waals surface area contributed by atoms with Crippen molar-refractivity contribution < 1.29 is 23.8 Å². The molecule has 2 heterocycles. The van der Waals surface area contributed by atoms with Crippen LogP contribution in [-0.2, 0) is 16.1 Å². The number of nitrogens with zero attached hydrogens (tertiary/aromatic N) is 1. The van der Waals surface area contributed by atoms with Gasteiger partial charge in [0.2, 0.25) is 0 Å².